The number of ether oxygens (including phenoxy) is 2. The van der Waals surface area contributed by atoms with Crippen molar-refractivity contribution in [1.29, 1.82) is 0 Å². The SMILES string of the molecule is COC(=O)C(C)NC(=O)c1ccc(COC(C)=O)cc1. The molecule has 1 aromatic carbocycles. The van der Waals surface area contributed by atoms with Crippen LogP contribution >= 0.6 is 0 Å². The van der Waals surface area contributed by atoms with Gasteiger partial charge in [0.15, 0.2) is 0 Å². The number of benzene rings is 1. The van der Waals surface area contributed by atoms with Gasteiger partial charge in [0, 0.05) is 12.5 Å². The van der Waals surface area contributed by atoms with Crippen molar-refractivity contribution in [2.45, 2.75) is 26.5 Å². The Bertz CT molecular complexity index is 495. The van der Waals surface area contributed by atoms with Gasteiger partial charge in [0.2, 0.25) is 0 Å². The van der Waals surface area contributed by atoms with Crippen molar-refractivity contribution in [3.63, 3.8) is 0 Å². The topological polar surface area (TPSA) is 81.7 Å². The van der Waals surface area contributed by atoms with E-state index in [1.165, 1.54) is 14.0 Å². The van der Waals surface area contributed by atoms with E-state index >= 15 is 0 Å². The molecule has 1 atom stereocenters. The van der Waals surface area contributed by atoms with Crippen molar-refractivity contribution < 1.29 is 23.9 Å². The van der Waals surface area contributed by atoms with Gasteiger partial charge in [-0.2, -0.15) is 0 Å². The molecule has 0 fully saturated rings. The van der Waals surface area contributed by atoms with E-state index < -0.39 is 12.0 Å². The van der Waals surface area contributed by atoms with Crippen LogP contribution in [0.15, 0.2) is 24.3 Å². The van der Waals surface area contributed by atoms with E-state index in [9.17, 15) is 14.4 Å². The molecule has 0 heterocycles. The van der Waals surface area contributed by atoms with Crippen LogP contribution in [-0.2, 0) is 25.7 Å². The second kappa shape index (κ2) is 7.28. The van der Waals surface area contributed by atoms with Gasteiger partial charge in [0.05, 0.1) is 7.11 Å². The summed E-state index contributed by atoms with van der Waals surface area (Å²) in [5, 5.41) is 2.52. The van der Waals surface area contributed by atoms with Crippen LogP contribution in [0.2, 0.25) is 0 Å². The van der Waals surface area contributed by atoms with Crippen molar-refractivity contribution in [2.24, 2.45) is 0 Å². The highest BCUT2D eigenvalue weighted by molar-refractivity contribution is 5.96. The molecule has 1 rings (SSSR count). The molecule has 0 saturated heterocycles. The zero-order valence-corrected chi connectivity index (χ0v) is 11.6. The van der Waals surface area contributed by atoms with Crippen molar-refractivity contribution in [3.05, 3.63) is 35.4 Å². The van der Waals surface area contributed by atoms with Gasteiger partial charge in [-0.15, -0.1) is 0 Å². The molecule has 0 aliphatic heterocycles. The predicted octanol–water partition coefficient (Wildman–Crippen LogP) is 1.04. The highest BCUT2D eigenvalue weighted by Crippen LogP contribution is 2.06. The Morgan fingerprint density at radius 1 is 1.20 bits per heavy atom. The lowest BCUT2D eigenvalue weighted by Crippen LogP contribution is -2.39. The molecule has 6 nitrogen and oxygen atoms in total. The van der Waals surface area contributed by atoms with E-state index in [1.54, 1.807) is 31.2 Å². The Labute approximate surface area is 117 Å². The van der Waals surface area contributed by atoms with Gasteiger partial charge < -0.3 is 14.8 Å². The number of hydrogen-bond donors (Lipinski definition) is 1. The summed E-state index contributed by atoms with van der Waals surface area (Å²) in [5.41, 5.74) is 1.19. The summed E-state index contributed by atoms with van der Waals surface area (Å²) in [6.45, 7) is 3.03. The lowest BCUT2D eigenvalue weighted by Gasteiger charge is -2.11. The Hall–Kier alpha value is -2.37. The molecule has 6 heteroatoms. The zero-order valence-electron chi connectivity index (χ0n) is 11.6. The monoisotopic (exact) mass is 279 g/mol. The zero-order chi connectivity index (χ0) is 15.1. The minimum Gasteiger partial charge on any atom is -0.467 e. The van der Waals surface area contributed by atoms with Gasteiger partial charge in [-0.25, -0.2) is 4.79 Å². The van der Waals surface area contributed by atoms with Gasteiger partial charge in [-0.1, -0.05) is 12.1 Å². The molecule has 1 N–H and O–H groups in total. The van der Waals surface area contributed by atoms with Gasteiger partial charge in [-0.05, 0) is 24.6 Å². The summed E-state index contributed by atoms with van der Waals surface area (Å²) in [4.78, 5) is 33.7. The van der Waals surface area contributed by atoms with Crippen LogP contribution in [0.3, 0.4) is 0 Å². The maximum atomic E-state index is 11.8. The predicted molar refractivity (Wildman–Crippen MR) is 70.9 cm³/mol. The van der Waals surface area contributed by atoms with Crippen LogP contribution in [0.25, 0.3) is 0 Å². The third-order valence-electron chi connectivity index (χ3n) is 2.56. The second-order valence-electron chi connectivity index (χ2n) is 4.20. The largest absolute Gasteiger partial charge is 0.467 e. The van der Waals surface area contributed by atoms with Gasteiger partial charge >= 0.3 is 11.9 Å². The first-order valence-electron chi connectivity index (χ1n) is 6.05. The summed E-state index contributed by atoms with van der Waals surface area (Å²) < 4.78 is 9.36. The summed E-state index contributed by atoms with van der Waals surface area (Å²) >= 11 is 0. The summed E-state index contributed by atoms with van der Waals surface area (Å²) in [5.74, 6) is -1.24. The Kier molecular flexibility index (Phi) is 5.71. The van der Waals surface area contributed by atoms with Crippen LogP contribution < -0.4 is 5.32 Å². The smallest absolute Gasteiger partial charge is 0.328 e. The van der Waals surface area contributed by atoms with E-state index in [0.717, 1.165) is 5.56 Å². The number of esters is 2. The Morgan fingerprint density at radius 2 is 1.80 bits per heavy atom. The van der Waals surface area contributed by atoms with Gasteiger partial charge in [-0.3, -0.25) is 9.59 Å². The molecule has 0 spiro atoms. The quantitative estimate of drug-likeness (QED) is 0.814. The molecular formula is C14H17NO5. The van der Waals surface area contributed by atoms with Crippen LogP contribution in [0.5, 0.6) is 0 Å². The van der Waals surface area contributed by atoms with E-state index in [1.807, 2.05) is 0 Å². The van der Waals surface area contributed by atoms with Crippen LogP contribution in [0.4, 0.5) is 0 Å². The molecule has 0 bridgehead atoms. The molecule has 108 valence electrons. The third-order valence-corrected chi connectivity index (χ3v) is 2.56. The lowest BCUT2D eigenvalue weighted by atomic mass is 10.1. The molecule has 0 saturated carbocycles. The van der Waals surface area contributed by atoms with E-state index in [-0.39, 0.29) is 18.5 Å². The molecule has 1 unspecified atom stereocenters. The first-order chi connectivity index (χ1) is 9.43. The molecule has 1 aromatic rings. The van der Waals surface area contributed by atoms with Gasteiger partial charge in [0.25, 0.3) is 5.91 Å². The highest BCUT2D eigenvalue weighted by Gasteiger charge is 2.16. The number of nitrogens with one attached hydrogen (secondary N) is 1. The molecular weight excluding hydrogens is 262 g/mol. The maximum Gasteiger partial charge on any atom is 0.328 e. The minimum atomic E-state index is -0.715. The fourth-order valence-corrected chi connectivity index (χ4v) is 1.45. The molecule has 0 aromatic heterocycles. The van der Waals surface area contributed by atoms with E-state index in [4.69, 9.17) is 4.74 Å². The number of amides is 1. The summed E-state index contributed by atoms with van der Waals surface area (Å²) in [6.07, 6.45) is 0. The fraction of sp³-hybridized carbons (Fsp3) is 0.357. The van der Waals surface area contributed by atoms with Crippen molar-refractivity contribution >= 4 is 17.8 Å². The van der Waals surface area contributed by atoms with Crippen molar-refractivity contribution in [1.82, 2.24) is 5.32 Å². The molecule has 20 heavy (non-hydrogen) atoms. The normalized spacial score (nSPS) is 11.3. The summed E-state index contributed by atoms with van der Waals surface area (Å²) in [6, 6.07) is 5.84. The standard InChI is InChI=1S/C14H17NO5/c1-9(14(18)19-3)15-13(17)12-6-4-11(5-7-12)8-20-10(2)16/h4-7,9H,8H2,1-3H3,(H,15,17). The molecule has 1 amide bonds. The Balaban J connectivity index is 2.61. The number of rotatable bonds is 5. The molecule has 0 radical (unpaired) electrons. The second-order valence-corrected chi connectivity index (χ2v) is 4.20. The average molecular weight is 279 g/mol. The first kappa shape index (κ1) is 15.7. The first-order valence-corrected chi connectivity index (χ1v) is 6.05. The maximum absolute atomic E-state index is 11.8. The average Bonchev–Trinajstić information content (AvgIpc) is 2.44. The van der Waals surface area contributed by atoms with Crippen molar-refractivity contribution in [3.8, 4) is 0 Å². The fourth-order valence-electron chi connectivity index (χ4n) is 1.45. The van der Waals surface area contributed by atoms with E-state index in [2.05, 4.69) is 10.1 Å². The van der Waals surface area contributed by atoms with Crippen molar-refractivity contribution in [2.75, 3.05) is 7.11 Å². The minimum absolute atomic E-state index is 0.162. The molecule has 0 aliphatic rings. The Morgan fingerprint density at radius 3 is 2.30 bits per heavy atom. The number of carbonyl (C=O) groups is 3. The number of carbonyl (C=O) groups excluding carboxylic acids is 3. The molecule has 0 aliphatic carbocycles. The number of methoxy groups -OCH3 is 1. The van der Waals surface area contributed by atoms with Gasteiger partial charge in [0.1, 0.15) is 12.6 Å². The van der Waals surface area contributed by atoms with E-state index in [0.29, 0.717) is 5.56 Å². The number of hydrogen-bond acceptors (Lipinski definition) is 5. The lowest BCUT2D eigenvalue weighted by molar-refractivity contribution is -0.143. The highest BCUT2D eigenvalue weighted by atomic mass is 16.5. The third kappa shape index (κ3) is 4.72. The summed E-state index contributed by atoms with van der Waals surface area (Å²) in [7, 11) is 1.26. The van der Waals surface area contributed by atoms with Crippen LogP contribution in [0.1, 0.15) is 29.8 Å². The van der Waals surface area contributed by atoms with Crippen LogP contribution in [-0.4, -0.2) is 31.0 Å². The van der Waals surface area contributed by atoms with Crippen LogP contribution in [0, 0.1) is 0 Å².